The summed E-state index contributed by atoms with van der Waals surface area (Å²) < 4.78 is 0.777. The summed E-state index contributed by atoms with van der Waals surface area (Å²) in [6.45, 7) is 5.31. The summed E-state index contributed by atoms with van der Waals surface area (Å²) in [5, 5.41) is 1.84. The number of amides is 2. The summed E-state index contributed by atoms with van der Waals surface area (Å²) in [5.41, 5.74) is 0. The molecule has 0 unspecified atom stereocenters. The van der Waals surface area contributed by atoms with E-state index in [-0.39, 0.29) is 18.4 Å². The predicted octanol–water partition coefficient (Wildman–Crippen LogP) is 2.45. The zero-order valence-electron chi connectivity index (χ0n) is 10.8. The molecular formula is C12H17BrN2O2S. The lowest BCUT2D eigenvalue weighted by Crippen LogP contribution is -2.40. The minimum absolute atomic E-state index is 0.0245. The molecule has 1 aromatic rings. The Morgan fingerprint density at radius 3 is 2.39 bits per heavy atom. The smallest absolute Gasteiger partial charge is 0.265 e. The van der Waals surface area contributed by atoms with Crippen LogP contribution in [0.1, 0.15) is 23.5 Å². The second-order valence-electron chi connectivity index (χ2n) is 3.82. The van der Waals surface area contributed by atoms with Gasteiger partial charge >= 0.3 is 0 Å². The van der Waals surface area contributed by atoms with Crippen molar-refractivity contribution in [3.63, 3.8) is 0 Å². The van der Waals surface area contributed by atoms with Gasteiger partial charge in [-0.25, -0.2) is 0 Å². The van der Waals surface area contributed by atoms with Crippen LogP contribution >= 0.6 is 27.3 Å². The third-order valence-electron chi connectivity index (χ3n) is 2.65. The van der Waals surface area contributed by atoms with E-state index in [1.807, 2.05) is 25.3 Å². The van der Waals surface area contributed by atoms with Gasteiger partial charge in [-0.2, -0.15) is 0 Å². The Labute approximate surface area is 120 Å². The minimum atomic E-state index is -0.127. The molecule has 0 aromatic carbocycles. The molecule has 0 atom stereocenters. The van der Waals surface area contributed by atoms with Crippen molar-refractivity contribution in [1.82, 2.24) is 9.80 Å². The van der Waals surface area contributed by atoms with Gasteiger partial charge in [0.25, 0.3) is 5.91 Å². The Morgan fingerprint density at radius 2 is 1.94 bits per heavy atom. The third kappa shape index (κ3) is 3.55. The zero-order valence-corrected chi connectivity index (χ0v) is 13.2. The Balaban J connectivity index is 2.66. The maximum absolute atomic E-state index is 12.1. The first-order valence-electron chi connectivity index (χ1n) is 5.77. The fraction of sp³-hybridized carbons (Fsp3) is 0.500. The molecule has 0 aliphatic rings. The van der Waals surface area contributed by atoms with Crippen LogP contribution in [0.3, 0.4) is 0 Å². The molecule has 0 N–H and O–H groups in total. The van der Waals surface area contributed by atoms with Gasteiger partial charge in [0.15, 0.2) is 0 Å². The number of hydrogen-bond donors (Lipinski definition) is 0. The SMILES string of the molecule is CCN(CC)C(=O)CN(C)C(=O)c1sccc1Br. The standard InChI is InChI=1S/C12H17BrN2O2S/c1-4-15(5-2)10(16)8-14(3)12(17)11-9(13)6-7-18-11/h6-7H,4-5,8H2,1-3H3. The van der Waals surface area contributed by atoms with Gasteiger partial charge in [-0.15, -0.1) is 11.3 Å². The van der Waals surface area contributed by atoms with Gasteiger partial charge in [0.2, 0.25) is 5.91 Å². The van der Waals surface area contributed by atoms with Crippen molar-refractivity contribution in [2.75, 3.05) is 26.7 Å². The van der Waals surface area contributed by atoms with E-state index in [0.29, 0.717) is 18.0 Å². The zero-order chi connectivity index (χ0) is 13.7. The van der Waals surface area contributed by atoms with Gasteiger partial charge in [-0.3, -0.25) is 9.59 Å². The highest BCUT2D eigenvalue weighted by Crippen LogP contribution is 2.23. The molecule has 0 aliphatic carbocycles. The minimum Gasteiger partial charge on any atom is -0.342 e. The molecule has 0 spiro atoms. The summed E-state index contributed by atoms with van der Waals surface area (Å²) >= 11 is 4.70. The number of halogens is 1. The number of rotatable bonds is 5. The first kappa shape index (κ1) is 15.2. The Morgan fingerprint density at radius 1 is 1.33 bits per heavy atom. The number of nitrogens with zero attached hydrogens (tertiary/aromatic N) is 2. The van der Waals surface area contributed by atoms with E-state index >= 15 is 0 Å². The van der Waals surface area contributed by atoms with Crippen molar-refractivity contribution in [2.45, 2.75) is 13.8 Å². The van der Waals surface area contributed by atoms with Crippen LogP contribution in [0.25, 0.3) is 0 Å². The Bertz CT molecular complexity index is 429. The Kier molecular flexibility index (Phi) is 5.81. The van der Waals surface area contributed by atoms with E-state index < -0.39 is 0 Å². The average molecular weight is 333 g/mol. The third-order valence-corrected chi connectivity index (χ3v) is 4.47. The summed E-state index contributed by atoms with van der Waals surface area (Å²) in [4.78, 5) is 27.8. The second-order valence-corrected chi connectivity index (χ2v) is 5.60. The van der Waals surface area contributed by atoms with Crippen LogP contribution in [0.2, 0.25) is 0 Å². The van der Waals surface area contributed by atoms with Crippen LogP contribution in [0.15, 0.2) is 15.9 Å². The van der Waals surface area contributed by atoms with Crippen LogP contribution in [0, 0.1) is 0 Å². The fourth-order valence-electron chi connectivity index (χ4n) is 1.57. The van der Waals surface area contributed by atoms with Gasteiger partial charge in [-0.05, 0) is 41.2 Å². The lowest BCUT2D eigenvalue weighted by atomic mass is 10.3. The molecule has 1 rings (SSSR count). The highest BCUT2D eigenvalue weighted by atomic mass is 79.9. The van der Waals surface area contributed by atoms with Gasteiger partial charge in [-0.1, -0.05) is 0 Å². The highest BCUT2D eigenvalue weighted by molar-refractivity contribution is 9.10. The summed E-state index contributed by atoms with van der Waals surface area (Å²) in [6, 6.07) is 1.83. The molecule has 0 bridgehead atoms. The average Bonchev–Trinajstić information content (AvgIpc) is 2.76. The summed E-state index contributed by atoms with van der Waals surface area (Å²) in [7, 11) is 1.65. The van der Waals surface area contributed by atoms with Gasteiger partial charge in [0.1, 0.15) is 4.88 Å². The largest absolute Gasteiger partial charge is 0.342 e. The molecule has 0 fully saturated rings. The number of carbonyl (C=O) groups excluding carboxylic acids is 2. The lowest BCUT2D eigenvalue weighted by molar-refractivity contribution is -0.131. The maximum atomic E-state index is 12.1. The molecule has 0 saturated heterocycles. The Hall–Kier alpha value is -0.880. The van der Waals surface area contributed by atoms with E-state index in [2.05, 4.69) is 15.9 Å². The quantitative estimate of drug-likeness (QED) is 0.830. The normalized spacial score (nSPS) is 10.2. The fourth-order valence-corrected chi connectivity index (χ4v) is 3.11. The van der Waals surface area contributed by atoms with E-state index in [0.717, 1.165) is 4.47 Å². The van der Waals surface area contributed by atoms with Crippen LogP contribution in [0.4, 0.5) is 0 Å². The van der Waals surface area contributed by atoms with Gasteiger partial charge < -0.3 is 9.80 Å². The van der Waals surface area contributed by atoms with E-state index in [4.69, 9.17) is 0 Å². The summed E-state index contributed by atoms with van der Waals surface area (Å²) in [6.07, 6.45) is 0. The first-order chi connectivity index (χ1) is 8.51. The van der Waals surface area contributed by atoms with Crippen molar-refractivity contribution >= 4 is 39.1 Å². The van der Waals surface area contributed by atoms with Crippen LogP contribution in [0.5, 0.6) is 0 Å². The molecule has 1 heterocycles. The van der Waals surface area contributed by atoms with Crippen molar-refractivity contribution in [3.05, 3.63) is 20.8 Å². The molecule has 0 saturated carbocycles. The van der Waals surface area contributed by atoms with Gasteiger partial charge in [0.05, 0.1) is 6.54 Å². The number of likely N-dealkylation sites (N-methyl/N-ethyl adjacent to an activating group) is 2. The molecular weight excluding hydrogens is 316 g/mol. The highest BCUT2D eigenvalue weighted by Gasteiger charge is 2.20. The monoisotopic (exact) mass is 332 g/mol. The van der Waals surface area contributed by atoms with E-state index in [1.54, 1.807) is 11.9 Å². The molecule has 18 heavy (non-hydrogen) atoms. The van der Waals surface area contributed by atoms with E-state index in [1.165, 1.54) is 16.2 Å². The predicted molar refractivity (Wildman–Crippen MR) is 76.9 cm³/mol. The van der Waals surface area contributed by atoms with E-state index in [9.17, 15) is 9.59 Å². The second kappa shape index (κ2) is 6.89. The van der Waals surface area contributed by atoms with Gasteiger partial charge in [0, 0.05) is 24.6 Å². The lowest BCUT2D eigenvalue weighted by Gasteiger charge is -2.23. The number of carbonyl (C=O) groups is 2. The molecule has 0 aliphatic heterocycles. The molecule has 2 amide bonds. The molecule has 4 nitrogen and oxygen atoms in total. The molecule has 6 heteroatoms. The van der Waals surface area contributed by atoms with Crippen LogP contribution in [-0.2, 0) is 4.79 Å². The number of hydrogen-bond acceptors (Lipinski definition) is 3. The van der Waals surface area contributed by atoms with Crippen LogP contribution in [-0.4, -0.2) is 48.3 Å². The van der Waals surface area contributed by atoms with Crippen molar-refractivity contribution < 1.29 is 9.59 Å². The maximum Gasteiger partial charge on any atom is 0.265 e. The first-order valence-corrected chi connectivity index (χ1v) is 7.44. The van der Waals surface area contributed by atoms with Crippen molar-refractivity contribution in [2.24, 2.45) is 0 Å². The number of thiophene rings is 1. The molecule has 0 radical (unpaired) electrons. The topological polar surface area (TPSA) is 40.6 Å². The van der Waals surface area contributed by atoms with Crippen molar-refractivity contribution in [3.8, 4) is 0 Å². The van der Waals surface area contributed by atoms with Crippen molar-refractivity contribution in [1.29, 1.82) is 0 Å². The summed E-state index contributed by atoms with van der Waals surface area (Å²) in [5.74, 6) is -0.152. The van der Waals surface area contributed by atoms with Crippen LogP contribution < -0.4 is 0 Å². The molecule has 1 aromatic heterocycles. The molecule has 100 valence electrons.